The molecule has 0 radical (unpaired) electrons. The monoisotopic (exact) mass is 427 g/mol. The second-order valence-corrected chi connectivity index (χ2v) is 7.45. The molecule has 1 heterocycles. The number of esters is 1. The van der Waals surface area contributed by atoms with E-state index in [1.165, 1.54) is 14.0 Å². The standard InChI is InChI=1S/C17H18BrNO5S/c1-9(2)24-13-6-5-11(7-12(13)18)8-14-15(20)19(17(22)25-14)10(3)16(21)23-4/h5-10H,1-4H3. The van der Waals surface area contributed by atoms with E-state index in [0.717, 1.165) is 26.7 Å². The van der Waals surface area contributed by atoms with Gasteiger partial charge >= 0.3 is 5.97 Å². The summed E-state index contributed by atoms with van der Waals surface area (Å²) in [6.07, 6.45) is 1.65. The number of hydrogen-bond acceptors (Lipinski definition) is 6. The molecule has 0 saturated carbocycles. The van der Waals surface area contributed by atoms with Crippen LogP contribution in [0.5, 0.6) is 5.75 Å². The quantitative estimate of drug-likeness (QED) is 0.524. The molecule has 0 aliphatic carbocycles. The van der Waals surface area contributed by atoms with Crippen LogP contribution < -0.4 is 4.74 Å². The molecular weight excluding hydrogens is 410 g/mol. The second-order valence-electron chi connectivity index (χ2n) is 5.61. The largest absolute Gasteiger partial charge is 0.490 e. The lowest BCUT2D eigenvalue weighted by molar-refractivity contribution is -0.148. The Morgan fingerprint density at radius 2 is 1.96 bits per heavy atom. The van der Waals surface area contributed by atoms with Crippen LogP contribution in [0.4, 0.5) is 4.79 Å². The average molecular weight is 428 g/mol. The Bertz CT molecular complexity index is 747. The predicted octanol–water partition coefficient (Wildman–Crippen LogP) is 3.83. The first-order valence-electron chi connectivity index (χ1n) is 7.55. The van der Waals surface area contributed by atoms with Crippen LogP contribution in [0.2, 0.25) is 0 Å². The molecule has 2 amide bonds. The minimum absolute atomic E-state index is 0.0402. The molecule has 0 spiro atoms. The molecule has 0 bridgehead atoms. The van der Waals surface area contributed by atoms with E-state index in [-0.39, 0.29) is 11.0 Å². The molecule has 1 aromatic rings. The van der Waals surface area contributed by atoms with E-state index in [0.29, 0.717) is 5.75 Å². The lowest BCUT2D eigenvalue weighted by Crippen LogP contribution is -2.42. The van der Waals surface area contributed by atoms with Crippen LogP contribution in [0.3, 0.4) is 0 Å². The summed E-state index contributed by atoms with van der Waals surface area (Å²) in [5, 5.41) is -0.493. The van der Waals surface area contributed by atoms with Crippen molar-refractivity contribution in [2.75, 3.05) is 7.11 Å². The van der Waals surface area contributed by atoms with E-state index in [1.54, 1.807) is 24.3 Å². The van der Waals surface area contributed by atoms with E-state index in [9.17, 15) is 14.4 Å². The van der Waals surface area contributed by atoms with Crippen LogP contribution in [0.1, 0.15) is 26.3 Å². The molecule has 0 aromatic heterocycles. The number of thioether (sulfide) groups is 1. The van der Waals surface area contributed by atoms with Crippen LogP contribution in [-0.4, -0.2) is 41.3 Å². The number of imide groups is 1. The summed E-state index contributed by atoms with van der Waals surface area (Å²) in [7, 11) is 1.21. The molecule has 25 heavy (non-hydrogen) atoms. The third-order valence-electron chi connectivity index (χ3n) is 3.37. The molecule has 1 fully saturated rings. The van der Waals surface area contributed by atoms with Crippen molar-refractivity contribution in [2.45, 2.75) is 32.9 Å². The Balaban J connectivity index is 2.24. The van der Waals surface area contributed by atoms with Gasteiger partial charge in [-0.1, -0.05) is 6.07 Å². The first-order valence-corrected chi connectivity index (χ1v) is 9.16. The number of ether oxygens (including phenoxy) is 2. The van der Waals surface area contributed by atoms with E-state index >= 15 is 0 Å². The summed E-state index contributed by atoms with van der Waals surface area (Å²) < 4.78 is 11.0. The summed E-state index contributed by atoms with van der Waals surface area (Å²) in [6.45, 7) is 5.32. The number of hydrogen-bond donors (Lipinski definition) is 0. The SMILES string of the molecule is COC(=O)C(C)N1C(=O)SC(=Cc2ccc(OC(C)C)c(Br)c2)C1=O. The zero-order valence-electron chi connectivity index (χ0n) is 14.2. The van der Waals surface area contributed by atoms with Gasteiger partial charge in [-0.25, -0.2) is 4.79 Å². The fourth-order valence-corrected chi connectivity index (χ4v) is 3.60. The molecule has 134 valence electrons. The molecule has 1 atom stereocenters. The summed E-state index contributed by atoms with van der Waals surface area (Å²) in [4.78, 5) is 37.3. The Hall–Kier alpha value is -1.80. The van der Waals surface area contributed by atoms with Gasteiger partial charge in [-0.05, 0) is 72.2 Å². The predicted molar refractivity (Wildman–Crippen MR) is 99.2 cm³/mol. The van der Waals surface area contributed by atoms with Crippen molar-refractivity contribution in [1.82, 2.24) is 4.90 Å². The number of halogens is 1. The van der Waals surface area contributed by atoms with Crippen LogP contribution >= 0.6 is 27.7 Å². The minimum Gasteiger partial charge on any atom is -0.490 e. The molecule has 6 nitrogen and oxygen atoms in total. The molecule has 1 unspecified atom stereocenters. The molecule has 1 aromatic carbocycles. The number of carbonyl (C=O) groups excluding carboxylic acids is 3. The van der Waals surface area contributed by atoms with Crippen LogP contribution in [-0.2, 0) is 14.3 Å². The van der Waals surface area contributed by atoms with Crippen molar-refractivity contribution < 1.29 is 23.9 Å². The fourth-order valence-electron chi connectivity index (χ4n) is 2.20. The number of amides is 2. The highest BCUT2D eigenvalue weighted by Gasteiger charge is 2.41. The molecule has 1 saturated heterocycles. The van der Waals surface area contributed by atoms with Gasteiger partial charge in [0.15, 0.2) is 0 Å². The van der Waals surface area contributed by atoms with Gasteiger partial charge < -0.3 is 9.47 Å². The molecule has 0 N–H and O–H groups in total. The topological polar surface area (TPSA) is 72.9 Å². The third-order valence-corrected chi connectivity index (χ3v) is 4.87. The lowest BCUT2D eigenvalue weighted by atomic mass is 10.2. The Morgan fingerprint density at radius 1 is 1.28 bits per heavy atom. The maximum atomic E-state index is 12.5. The number of carbonyl (C=O) groups is 3. The van der Waals surface area contributed by atoms with Crippen LogP contribution in [0.25, 0.3) is 6.08 Å². The fraction of sp³-hybridized carbons (Fsp3) is 0.353. The first kappa shape index (κ1) is 19.5. The van der Waals surface area contributed by atoms with Crippen molar-refractivity contribution in [1.29, 1.82) is 0 Å². The Labute approximate surface area is 158 Å². The molecule has 1 aliphatic rings. The maximum Gasteiger partial charge on any atom is 0.328 e. The van der Waals surface area contributed by atoms with E-state index in [4.69, 9.17) is 4.74 Å². The summed E-state index contributed by atoms with van der Waals surface area (Å²) >= 11 is 4.23. The Morgan fingerprint density at radius 3 is 2.52 bits per heavy atom. The summed E-state index contributed by atoms with van der Waals surface area (Å²) in [5.74, 6) is -0.451. The highest BCUT2D eigenvalue weighted by atomic mass is 79.9. The van der Waals surface area contributed by atoms with E-state index < -0.39 is 23.2 Å². The van der Waals surface area contributed by atoms with E-state index in [2.05, 4.69) is 20.7 Å². The van der Waals surface area contributed by atoms with Crippen molar-refractivity contribution >= 4 is 50.9 Å². The average Bonchev–Trinajstić information content (AvgIpc) is 2.82. The van der Waals surface area contributed by atoms with Gasteiger partial charge in [0.25, 0.3) is 11.1 Å². The minimum atomic E-state index is -0.961. The second kappa shape index (κ2) is 8.05. The normalized spacial score (nSPS) is 17.4. The maximum absolute atomic E-state index is 12.5. The zero-order valence-corrected chi connectivity index (χ0v) is 16.6. The van der Waals surface area contributed by atoms with Crippen molar-refractivity contribution in [3.8, 4) is 5.75 Å². The van der Waals surface area contributed by atoms with Crippen LogP contribution in [0, 0.1) is 0 Å². The van der Waals surface area contributed by atoms with Gasteiger partial charge in [0.2, 0.25) is 0 Å². The highest BCUT2D eigenvalue weighted by Crippen LogP contribution is 2.35. The van der Waals surface area contributed by atoms with Crippen LogP contribution in [0.15, 0.2) is 27.6 Å². The zero-order chi connectivity index (χ0) is 18.7. The third kappa shape index (κ3) is 4.43. The first-order chi connectivity index (χ1) is 11.7. The van der Waals surface area contributed by atoms with Gasteiger partial charge in [0.1, 0.15) is 11.8 Å². The number of benzene rings is 1. The van der Waals surface area contributed by atoms with Gasteiger partial charge in [-0.2, -0.15) is 0 Å². The number of rotatable bonds is 5. The molecule has 8 heteroatoms. The number of methoxy groups -OCH3 is 1. The Kier molecular flexibility index (Phi) is 6.29. The van der Waals surface area contributed by atoms with Crippen molar-refractivity contribution in [3.05, 3.63) is 33.1 Å². The van der Waals surface area contributed by atoms with Gasteiger partial charge in [0.05, 0.1) is 22.6 Å². The van der Waals surface area contributed by atoms with Gasteiger partial charge in [-0.15, -0.1) is 0 Å². The lowest BCUT2D eigenvalue weighted by Gasteiger charge is -2.18. The highest BCUT2D eigenvalue weighted by molar-refractivity contribution is 9.10. The summed E-state index contributed by atoms with van der Waals surface area (Å²) in [5.41, 5.74) is 0.735. The van der Waals surface area contributed by atoms with Gasteiger partial charge in [-0.3, -0.25) is 14.5 Å². The van der Waals surface area contributed by atoms with Crippen molar-refractivity contribution in [2.24, 2.45) is 0 Å². The smallest absolute Gasteiger partial charge is 0.328 e. The molecule has 1 aliphatic heterocycles. The summed E-state index contributed by atoms with van der Waals surface area (Å²) in [6, 6.07) is 4.42. The molecule has 2 rings (SSSR count). The number of nitrogens with zero attached hydrogens (tertiary/aromatic N) is 1. The van der Waals surface area contributed by atoms with E-state index in [1.807, 2.05) is 13.8 Å². The van der Waals surface area contributed by atoms with Gasteiger partial charge in [0, 0.05) is 0 Å². The van der Waals surface area contributed by atoms with Crippen molar-refractivity contribution in [3.63, 3.8) is 0 Å². The molecular formula is C17H18BrNO5S.